The van der Waals surface area contributed by atoms with Crippen molar-refractivity contribution in [1.29, 1.82) is 0 Å². The van der Waals surface area contributed by atoms with Crippen LogP contribution in [0.1, 0.15) is 11.1 Å². The van der Waals surface area contributed by atoms with Crippen molar-refractivity contribution in [2.24, 2.45) is 4.99 Å². The van der Waals surface area contributed by atoms with E-state index in [-0.39, 0.29) is 12.7 Å². The van der Waals surface area contributed by atoms with Gasteiger partial charge < -0.3 is 14.2 Å². The smallest absolute Gasteiger partial charge is 0.266 e. The Kier molecular flexibility index (Phi) is 6.25. The zero-order valence-corrected chi connectivity index (χ0v) is 20.7. The lowest BCUT2D eigenvalue weighted by atomic mass is 10.2. The van der Waals surface area contributed by atoms with Crippen LogP contribution in [0.15, 0.2) is 40.2 Å². The van der Waals surface area contributed by atoms with Gasteiger partial charge in [-0.25, -0.2) is 0 Å². The predicted molar refractivity (Wildman–Crippen MR) is 130 cm³/mol. The van der Waals surface area contributed by atoms with Crippen LogP contribution in [-0.2, 0) is 11.4 Å². The van der Waals surface area contributed by atoms with Crippen LogP contribution in [-0.4, -0.2) is 36.9 Å². The lowest BCUT2D eigenvalue weighted by Gasteiger charge is -2.12. The van der Waals surface area contributed by atoms with E-state index in [2.05, 4.69) is 50.2 Å². The maximum absolute atomic E-state index is 12.4. The Hall–Kier alpha value is -1.47. The Balaban J connectivity index is 1.52. The molecule has 0 atom stereocenters. The molecule has 0 N–H and O–H groups in total. The molecule has 2 aliphatic heterocycles. The molecule has 2 heterocycles. The Morgan fingerprint density at radius 1 is 1.21 bits per heavy atom. The molecule has 0 aromatic heterocycles. The molecular weight excluding hydrogens is 618 g/mol. The number of fused-ring (bicyclic) bond motifs is 1. The van der Waals surface area contributed by atoms with Gasteiger partial charge in [-0.2, -0.15) is 0 Å². The lowest BCUT2D eigenvalue weighted by Crippen LogP contribution is -2.23. The summed E-state index contributed by atoms with van der Waals surface area (Å²) < 4.78 is 18.8. The van der Waals surface area contributed by atoms with Crippen molar-refractivity contribution < 1.29 is 19.0 Å². The molecule has 0 radical (unpaired) electrons. The minimum absolute atomic E-state index is 0.0382. The maximum Gasteiger partial charge on any atom is 0.266 e. The van der Waals surface area contributed by atoms with E-state index in [1.807, 2.05) is 36.4 Å². The van der Waals surface area contributed by atoms with E-state index in [9.17, 15) is 4.79 Å². The summed E-state index contributed by atoms with van der Waals surface area (Å²) in [5.41, 5.74) is 1.96. The number of nitrogens with zero attached hydrogens (tertiary/aromatic N) is 2. The van der Waals surface area contributed by atoms with Crippen LogP contribution >= 0.6 is 56.9 Å². The van der Waals surface area contributed by atoms with E-state index in [1.165, 1.54) is 11.8 Å². The van der Waals surface area contributed by atoms with Gasteiger partial charge in [0.25, 0.3) is 5.91 Å². The fourth-order valence-electron chi connectivity index (χ4n) is 2.89. The van der Waals surface area contributed by atoms with Gasteiger partial charge in [0.2, 0.25) is 6.79 Å². The Morgan fingerprint density at radius 3 is 2.62 bits per heavy atom. The first kappa shape index (κ1) is 20.8. The number of rotatable bonds is 4. The highest BCUT2D eigenvalue weighted by atomic mass is 127. The highest BCUT2D eigenvalue weighted by Crippen LogP contribution is 2.36. The third-order valence-corrected chi connectivity index (χ3v) is 7.09. The van der Waals surface area contributed by atoms with Crippen LogP contribution < -0.4 is 14.2 Å². The zero-order chi connectivity index (χ0) is 20.5. The summed E-state index contributed by atoms with van der Waals surface area (Å²) in [4.78, 5) is 18.7. The second-order valence-corrected chi connectivity index (χ2v) is 9.60. The van der Waals surface area contributed by atoms with Gasteiger partial charge in [0.15, 0.2) is 16.7 Å². The molecule has 1 saturated heterocycles. The van der Waals surface area contributed by atoms with Gasteiger partial charge in [-0.15, -0.1) is 0 Å². The molecule has 6 nitrogen and oxygen atoms in total. The number of amidine groups is 1. The van der Waals surface area contributed by atoms with E-state index < -0.39 is 0 Å². The van der Waals surface area contributed by atoms with Gasteiger partial charge >= 0.3 is 0 Å². The molecule has 0 unspecified atom stereocenters. The van der Waals surface area contributed by atoms with Crippen LogP contribution in [0.2, 0.25) is 0 Å². The molecule has 0 aliphatic carbocycles. The first-order valence-corrected chi connectivity index (χ1v) is 11.6. The van der Waals surface area contributed by atoms with Gasteiger partial charge in [0.05, 0.1) is 12.0 Å². The van der Waals surface area contributed by atoms with Crippen LogP contribution in [0.25, 0.3) is 6.08 Å². The summed E-state index contributed by atoms with van der Waals surface area (Å²) in [6.45, 7) is 0.688. The molecule has 4 rings (SSSR count). The third-order valence-electron chi connectivity index (χ3n) is 4.33. The molecular formula is C20H16I2N2O4S. The minimum Gasteiger partial charge on any atom is -0.487 e. The molecule has 0 spiro atoms. The number of aliphatic imine (C=N–C) groups is 1. The molecule has 1 fully saturated rings. The fraction of sp³-hybridized carbons (Fsp3) is 0.200. The number of hydrogen-bond donors (Lipinski definition) is 0. The molecule has 2 aromatic carbocycles. The van der Waals surface area contributed by atoms with Crippen molar-refractivity contribution >= 4 is 74.1 Å². The average molecular weight is 634 g/mol. The summed E-state index contributed by atoms with van der Waals surface area (Å²) >= 11 is 5.91. The molecule has 1 amide bonds. The van der Waals surface area contributed by atoms with Crippen molar-refractivity contribution in [1.82, 2.24) is 4.90 Å². The number of likely N-dealkylation sites (N-methyl/N-ethyl adjacent to an activating group) is 1. The number of hydrogen-bond acceptors (Lipinski definition) is 6. The largest absolute Gasteiger partial charge is 0.487 e. The number of thioether (sulfide) groups is 1. The minimum atomic E-state index is -0.0382. The lowest BCUT2D eigenvalue weighted by molar-refractivity contribution is -0.121. The number of amides is 1. The first-order valence-electron chi connectivity index (χ1n) is 8.61. The first-order chi connectivity index (χ1) is 14.0. The molecule has 2 aliphatic rings. The van der Waals surface area contributed by atoms with Crippen molar-refractivity contribution in [2.45, 2.75) is 6.61 Å². The number of halogens is 2. The van der Waals surface area contributed by atoms with Gasteiger partial charge in [-0.1, -0.05) is 6.07 Å². The van der Waals surface area contributed by atoms with Crippen LogP contribution in [0.5, 0.6) is 17.2 Å². The van der Waals surface area contributed by atoms with Crippen LogP contribution in [0.4, 0.5) is 0 Å². The molecule has 0 bridgehead atoms. The van der Waals surface area contributed by atoms with E-state index in [0.29, 0.717) is 16.7 Å². The molecule has 9 heteroatoms. The topological polar surface area (TPSA) is 60.4 Å². The fourth-order valence-corrected chi connectivity index (χ4v) is 5.94. The molecule has 150 valence electrons. The van der Waals surface area contributed by atoms with E-state index in [4.69, 9.17) is 14.2 Å². The quantitative estimate of drug-likeness (QED) is 0.360. The molecule has 0 saturated carbocycles. The summed E-state index contributed by atoms with van der Waals surface area (Å²) in [6, 6.07) is 9.83. The summed E-state index contributed by atoms with van der Waals surface area (Å²) in [6.07, 6.45) is 1.90. The number of carbonyl (C=O) groups is 1. The average Bonchev–Trinajstić information content (AvgIpc) is 3.26. The normalized spacial score (nSPS) is 18.2. The predicted octanol–water partition coefficient (Wildman–Crippen LogP) is 4.74. The highest BCUT2D eigenvalue weighted by Gasteiger charge is 2.29. The molecule has 2 aromatic rings. The number of ether oxygens (including phenoxy) is 3. The van der Waals surface area contributed by atoms with Gasteiger partial charge in [0.1, 0.15) is 12.4 Å². The summed E-state index contributed by atoms with van der Waals surface area (Å²) in [5, 5.41) is 0.703. The SMILES string of the molecule is CN=C1S/C(=C\c2cc(I)c(OCc3ccc4c(c3)OCO4)c(I)c2)C(=O)N1C. The number of carbonyl (C=O) groups excluding carboxylic acids is 1. The summed E-state index contributed by atoms with van der Waals surface area (Å²) in [5.74, 6) is 2.29. The Labute approximate surface area is 200 Å². The summed E-state index contributed by atoms with van der Waals surface area (Å²) in [7, 11) is 3.42. The third kappa shape index (κ3) is 4.36. The van der Waals surface area contributed by atoms with Crippen LogP contribution in [0.3, 0.4) is 0 Å². The van der Waals surface area contributed by atoms with Crippen LogP contribution in [0, 0.1) is 7.14 Å². The van der Waals surface area contributed by atoms with E-state index in [0.717, 1.165) is 35.5 Å². The second kappa shape index (κ2) is 8.72. The van der Waals surface area contributed by atoms with Crippen molar-refractivity contribution in [3.8, 4) is 17.2 Å². The Bertz CT molecular complexity index is 1030. The van der Waals surface area contributed by atoms with Crippen molar-refractivity contribution in [3.63, 3.8) is 0 Å². The van der Waals surface area contributed by atoms with E-state index in [1.54, 1.807) is 19.0 Å². The molecule has 29 heavy (non-hydrogen) atoms. The monoisotopic (exact) mass is 634 g/mol. The highest BCUT2D eigenvalue weighted by molar-refractivity contribution is 14.1. The van der Waals surface area contributed by atoms with Gasteiger partial charge in [-0.05, 0) is 98.4 Å². The second-order valence-electron chi connectivity index (χ2n) is 6.27. The standard InChI is InChI=1S/C20H16I2N2O4S/c1-23-20-24(2)19(25)17(29-20)8-12-5-13(21)18(14(22)6-12)26-9-11-3-4-15-16(7-11)28-10-27-15/h3-8H,9-10H2,1-2H3/b17-8-,23-20?. The maximum atomic E-state index is 12.4. The van der Waals surface area contributed by atoms with Gasteiger partial charge in [0, 0.05) is 14.1 Å². The van der Waals surface area contributed by atoms with Gasteiger partial charge in [-0.3, -0.25) is 14.7 Å². The van der Waals surface area contributed by atoms with E-state index >= 15 is 0 Å². The number of benzene rings is 2. The zero-order valence-electron chi connectivity index (χ0n) is 15.6. The Morgan fingerprint density at radius 2 is 1.93 bits per heavy atom. The van der Waals surface area contributed by atoms with Crippen molar-refractivity contribution in [2.75, 3.05) is 20.9 Å². The van der Waals surface area contributed by atoms with Crippen molar-refractivity contribution in [3.05, 3.63) is 53.5 Å².